The normalized spacial score (nSPS) is 11.7. The number of carbonyl (C=O) groups excluding carboxylic acids is 2. The van der Waals surface area contributed by atoms with Crippen molar-refractivity contribution in [1.82, 2.24) is 0 Å². The number of aryl methyl sites for hydroxylation is 1. The highest BCUT2D eigenvalue weighted by molar-refractivity contribution is 7.16. The fraction of sp³-hybridized carbons (Fsp3) is 0.350. The number of hydrogen-bond acceptors (Lipinski definition) is 5. The third kappa shape index (κ3) is 4.96. The van der Waals surface area contributed by atoms with Crippen molar-refractivity contribution < 1.29 is 14.3 Å². The molecule has 0 aliphatic heterocycles. The van der Waals surface area contributed by atoms with Crippen LogP contribution >= 0.6 is 22.9 Å². The van der Waals surface area contributed by atoms with Crippen LogP contribution in [0.15, 0.2) is 24.3 Å². The van der Waals surface area contributed by atoms with Crippen LogP contribution in [0.3, 0.4) is 0 Å². The van der Waals surface area contributed by atoms with Crippen LogP contribution in [-0.2, 0) is 14.3 Å². The molecule has 1 aromatic heterocycles. The highest BCUT2D eigenvalue weighted by atomic mass is 35.5. The van der Waals surface area contributed by atoms with Crippen LogP contribution in [0.1, 0.15) is 41.3 Å². The van der Waals surface area contributed by atoms with Gasteiger partial charge in [0, 0.05) is 27.4 Å². The van der Waals surface area contributed by atoms with Gasteiger partial charge < -0.3 is 10.1 Å². The molecule has 144 valence electrons. The molecule has 1 heterocycles. The minimum Gasteiger partial charge on any atom is -0.469 e. The molecular weight excluding hydrogens is 384 g/mol. The van der Waals surface area contributed by atoms with Gasteiger partial charge >= 0.3 is 5.97 Å². The Morgan fingerprint density at radius 2 is 1.89 bits per heavy atom. The first-order chi connectivity index (χ1) is 12.8. The molecule has 1 amide bonds. The third-order valence-corrected chi connectivity index (χ3v) is 5.85. The lowest BCUT2D eigenvalue weighted by molar-refractivity contribution is -0.147. The SMILES string of the molecule is CCC(CC(=O)Nc1sc(C)c(C)c1C(=N)c1ccc(Cl)cc1)C(=O)OC. The number of halogens is 1. The van der Waals surface area contributed by atoms with Crippen molar-refractivity contribution in [3.05, 3.63) is 50.9 Å². The number of carbonyl (C=O) groups is 2. The van der Waals surface area contributed by atoms with Crippen molar-refractivity contribution in [2.24, 2.45) is 5.92 Å². The van der Waals surface area contributed by atoms with Gasteiger partial charge in [-0.3, -0.25) is 15.0 Å². The number of amides is 1. The van der Waals surface area contributed by atoms with Gasteiger partial charge in [0.1, 0.15) is 5.00 Å². The van der Waals surface area contributed by atoms with E-state index in [4.69, 9.17) is 21.7 Å². The van der Waals surface area contributed by atoms with E-state index in [1.54, 1.807) is 24.3 Å². The Morgan fingerprint density at radius 3 is 2.44 bits per heavy atom. The summed E-state index contributed by atoms with van der Waals surface area (Å²) in [7, 11) is 1.32. The molecule has 0 radical (unpaired) electrons. The fourth-order valence-corrected chi connectivity index (χ4v) is 3.95. The van der Waals surface area contributed by atoms with Crippen LogP contribution in [0.2, 0.25) is 5.02 Å². The quantitative estimate of drug-likeness (QED) is 0.503. The lowest BCUT2D eigenvalue weighted by Gasteiger charge is -2.13. The van der Waals surface area contributed by atoms with Gasteiger partial charge in [-0.15, -0.1) is 11.3 Å². The van der Waals surface area contributed by atoms with Crippen LogP contribution < -0.4 is 5.32 Å². The molecule has 1 unspecified atom stereocenters. The van der Waals surface area contributed by atoms with Crippen LogP contribution in [-0.4, -0.2) is 24.7 Å². The minimum absolute atomic E-state index is 0.0485. The Kier molecular flexibility index (Phi) is 7.16. The summed E-state index contributed by atoms with van der Waals surface area (Å²) in [5, 5.41) is 12.7. The van der Waals surface area contributed by atoms with E-state index in [9.17, 15) is 9.59 Å². The molecule has 0 spiro atoms. The molecule has 0 aliphatic rings. The molecular formula is C20H23ClN2O3S. The van der Waals surface area contributed by atoms with E-state index < -0.39 is 5.92 Å². The fourth-order valence-electron chi connectivity index (χ4n) is 2.74. The molecule has 2 aromatic rings. The minimum atomic E-state index is -0.476. The van der Waals surface area contributed by atoms with Crippen LogP contribution in [0.4, 0.5) is 5.00 Å². The van der Waals surface area contributed by atoms with E-state index in [-0.39, 0.29) is 18.3 Å². The molecule has 2 N–H and O–H groups in total. The number of rotatable bonds is 7. The van der Waals surface area contributed by atoms with Gasteiger partial charge in [-0.25, -0.2) is 0 Å². The first-order valence-electron chi connectivity index (χ1n) is 8.61. The number of ether oxygens (including phenoxy) is 1. The maximum atomic E-state index is 12.5. The summed E-state index contributed by atoms with van der Waals surface area (Å²) in [4.78, 5) is 25.2. The monoisotopic (exact) mass is 406 g/mol. The van der Waals surface area contributed by atoms with Crippen molar-refractivity contribution in [1.29, 1.82) is 5.41 Å². The third-order valence-electron chi connectivity index (χ3n) is 4.48. The second kappa shape index (κ2) is 9.15. The van der Waals surface area contributed by atoms with Crippen molar-refractivity contribution in [2.45, 2.75) is 33.6 Å². The molecule has 0 bridgehead atoms. The highest BCUT2D eigenvalue weighted by Gasteiger charge is 2.24. The molecule has 0 saturated heterocycles. The summed E-state index contributed by atoms with van der Waals surface area (Å²) in [6.07, 6.45) is 0.572. The second-order valence-corrected chi connectivity index (χ2v) is 7.91. The van der Waals surface area contributed by atoms with Crippen LogP contribution in [0, 0.1) is 25.2 Å². The predicted molar refractivity (Wildman–Crippen MR) is 110 cm³/mol. The van der Waals surface area contributed by atoms with Crippen molar-refractivity contribution >= 4 is 45.5 Å². The summed E-state index contributed by atoms with van der Waals surface area (Å²) >= 11 is 7.36. The lowest BCUT2D eigenvalue weighted by atomic mass is 9.99. The Balaban J connectivity index is 2.27. The van der Waals surface area contributed by atoms with Gasteiger partial charge in [-0.05, 0) is 38.0 Å². The largest absolute Gasteiger partial charge is 0.469 e. The van der Waals surface area contributed by atoms with E-state index >= 15 is 0 Å². The molecule has 0 saturated carbocycles. The van der Waals surface area contributed by atoms with Crippen molar-refractivity contribution in [3.63, 3.8) is 0 Å². The highest BCUT2D eigenvalue weighted by Crippen LogP contribution is 2.34. The number of hydrogen-bond donors (Lipinski definition) is 2. The van der Waals surface area contributed by atoms with Gasteiger partial charge in [0.15, 0.2) is 0 Å². The standard InChI is InChI=1S/C20H23ClN2O3S/c1-5-13(20(25)26-4)10-16(24)23-19-17(11(2)12(3)27-19)18(22)14-6-8-15(21)9-7-14/h6-9,13,22H,5,10H2,1-4H3,(H,23,24). The molecule has 27 heavy (non-hydrogen) atoms. The zero-order valence-electron chi connectivity index (χ0n) is 15.8. The van der Waals surface area contributed by atoms with Crippen LogP contribution in [0.25, 0.3) is 0 Å². The summed E-state index contributed by atoms with van der Waals surface area (Å²) in [6, 6.07) is 7.04. The molecule has 2 rings (SSSR count). The van der Waals surface area contributed by atoms with Gasteiger partial charge in [-0.1, -0.05) is 30.7 Å². The maximum Gasteiger partial charge on any atom is 0.309 e. The van der Waals surface area contributed by atoms with E-state index in [1.165, 1.54) is 18.4 Å². The van der Waals surface area contributed by atoms with E-state index in [1.807, 2.05) is 20.8 Å². The van der Waals surface area contributed by atoms with Gasteiger partial charge in [0.05, 0.1) is 18.7 Å². The summed E-state index contributed by atoms with van der Waals surface area (Å²) < 4.78 is 4.75. The van der Waals surface area contributed by atoms with Gasteiger partial charge in [0.2, 0.25) is 5.91 Å². The molecule has 0 aliphatic carbocycles. The summed E-state index contributed by atoms with van der Waals surface area (Å²) in [6.45, 7) is 5.73. The topological polar surface area (TPSA) is 79.3 Å². The Labute approximate surface area is 168 Å². The van der Waals surface area contributed by atoms with E-state index in [0.717, 1.165) is 16.0 Å². The van der Waals surface area contributed by atoms with Crippen LogP contribution in [0.5, 0.6) is 0 Å². The van der Waals surface area contributed by atoms with Crippen molar-refractivity contribution in [3.8, 4) is 0 Å². The Bertz CT molecular complexity index is 859. The van der Waals surface area contributed by atoms with Gasteiger partial charge in [-0.2, -0.15) is 0 Å². The zero-order chi connectivity index (χ0) is 20.1. The molecule has 7 heteroatoms. The first-order valence-corrected chi connectivity index (χ1v) is 9.80. The number of benzene rings is 1. The van der Waals surface area contributed by atoms with E-state index in [0.29, 0.717) is 27.7 Å². The summed E-state index contributed by atoms with van der Waals surface area (Å²) in [5.74, 6) is -1.13. The second-order valence-electron chi connectivity index (χ2n) is 6.25. The lowest BCUT2D eigenvalue weighted by Crippen LogP contribution is -2.23. The average molecular weight is 407 g/mol. The zero-order valence-corrected chi connectivity index (χ0v) is 17.4. The number of nitrogens with one attached hydrogen (secondary N) is 2. The number of anilines is 1. The molecule has 5 nitrogen and oxygen atoms in total. The van der Waals surface area contributed by atoms with Crippen molar-refractivity contribution in [2.75, 3.05) is 12.4 Å². The smallest absolute Gasteiger partial charge is 0.309 e. The van der Waals surface area contributed by atoms with Gasteiger partial charge in [0.25, 0.3) is 0 Å². The first kappa shape index (κ1) is 21.1. The number of thiophene rings is 1. The van der Waals surface area contributed by atoms with E-state index in [2.05, 4.69) is 5.32 Å². The molecule has 1 atom stereocenters. The predicted octanol–water partition coefficient (Wildman–Crippen LogP) is 4.96. The number of methoxy groups -OCH3 is 1. The maximum absolute atomic E-state index is 12.5. The number of esters is 1. The Hall–Kier alpha value is -2.18. The Morgan fingerprint density at radius 1 is 1.26 bits per heavy atom. The molecule has 1 aromatic carbocycles. The summed E-state index contributed by atoms with van der Waals surface area (Å²) in [5.41, 5.74) is 2.69. The average Bonchev–Trinajstić information content (AvgIpc) is 2.92. The molecule has 0 fully saturated rings.